The lowest BCUT2D eigenvalue weighted by Crippen LogP contribution is -2.39. The van der Waals surface area contributed by atoms with Gasteiger partial charge in [0.25, 0.3) is 0 Å². The zero-order valence-electron chi connectivity index (χ0n) is 14.9. The highest BCUT2D eigenvalue weighted by molar-refractivity contribution is 7.88. The third kappa shape index (κ3) is 5.43. The molecular weight excluding hydrogens is 370 g/mol. The standard InChI is InChI=1S/C19H24ClN3O2S/c1-15-11-19(5-8-21-15)23-9-6-16(7-10-23)13-22-26(24,25)14-17-3-2-4-18(20)12-17/h2-5,8,11-12,16,22H,6-7,9-10,13-14H2,1H3. The van der Waals surface area contributed by atoms with Crippen molar-refractivity contribution in [1.82, 2.24) is 9.71 Å². The fourth-order valence-corrected chi connectivity index (χ4v) is 4.69. The summed E-state index contributed by atoms with van der Waals surface area (Å²) in [5.74, 6) is 0.325. The van der Waals surface area contributed by atoms with Crippen molar-refractivity contribution in [2.75, 3.05) is 24.5 Å². The van der Waals surface area contributed by atoms with Crippen LogP contribution in [0.2, 0.25) is 5.02 Å². The number of aryl methyl sites for hydroxylation is 1. The van der Waals surface area contributed by atoms with Gasteiger partial charge in [0.1, 0.15) is 0 Å². The second-order valence-corrected chi connectivity index (χ2v) is 9.07. The van der Waals surface area contributed by atoms with Gasteiger partial charge in [0.2, 0.25) is 10.0 Å². The average Bonchev–Trinajstić information content (AvgIpc) is 2.60. The topological polar surface area (TPSA) is 62.3 Å². The molecule has 1 N–H and O–H groups in total. The number of anilines is 1. The van der Waals surface area contributed by atoms with Crippen molar-refractivity contribution in [3.8, 4) is 0 Å². The predicted molar refractivity (Wildman–Crippen MR) is 106 cm³/mol. The molecule has 7 heteroatoms. The van der Waals surface area contributed by atoms with E-state index < -0.39 is 10.0 Å². The molecule has 1 aromatic carbocycles. The number of hydrogen-bond acceptors (Lipinski definition) is 4. The van der Waals surface area contributed by atoms with E-state index in [2.05, 4.69) is 20.7 Å². The molecule has 2 heterocycles. The zero-order valence-corrected chi connectivity index (χ0v) is 16.4. The molecule has 0 amide bonds. The van der Waals surface area contributed by atoms with Gasteiger partial charge in [0, 0.05) is 42.2 Å². The van der Waals surface area contributed by atoms with E-state index in [0.717, 1.165) is 31.6 Å². The Morgan fingerprint density at radius 2 is 2.00 bits per heavy atom. The maximum atomic E-state index is 12.3. The minimum Gasteiger partial charge on any atom is -0.371 e. The van der Waals surface area contributed by atoms with Crippen molar-refractivity contribution < 1.29 is 8.42 Å². The summed E-state index contributed by atoms with van der Waals surface area (Å²) < 4.78 is 27.4. The molecule has 1 aliphatic rings. The monoisotopic (exact) mass is 393 g/mol. The normalized spacial score (nSPS) is 16.0. The molecular formula is C19H24ClN3O2S. The van der Waals surface area contributed by atoms with Gasteiger partial charge in [-0.2, -0.15) is 0 Å². The molecule has 26 heavy (non-hydrogen) atoms. The van der Waals surface area contributed by atoms with Crippen LogP contribution in [0.25, 0.3) is 0 Å². The van der Waals surface area contributed by atoms with Gasteiger partial charge in [-0.3, -0.25) is 4.98 Å². The number of piperidine rings is 1. The van der Waals surface area contributed by atoms with Crippen molar-refractivity contribution in [3.05, 3.63) is 58.9 Å². The van der Waals surface area contributed by atoms with Crippen LogP contribution in [0.1, 0.15) is 24.1 Å². The van der Waals surface area contributed by atoms with Crippen LogP contribution >= 0.6 is 11.6 Å². The maximum absolute atomic E-state index is 12.3. The van der Waals surface area contributed by atoms with Crippen molar-refractivity contribution in [3.63, 3.8) is 0 Å². The number of nitrogens with one attached hydrogen (secondary N) is 1. The Bertz CT molecular complexity index is 849. The number of nitrogens with zero attached hydrogens (tertiary/aromatic N) is 2. The van der Waals surface area contributed by atoms with Gasteiger partial charge < -0.3 is 4.90 Å². The second-order valence-electron chi connectivity index (χ2n) is 6.82. The molecule has 1 aliphatic heterocycles. The largest absolute Gasteiger partial charge is 0.371 e. The van der Waals surface area contributed by atoms with Crippen LogP contribution in [0, 0.1) is 12.8 Å². The van der Waals surface area contributed by atoms with E-state index in [1.807, 2.05) is 19.2 Å². The summed E-state index contributed by atoms with van der Waals surface area (Å²) in [7, 11) is -3.35. The molecule has 0 spiro atoms. The van der Waals surface area contributed by atoms with E-state index in [1.54, 1.807) is 24.3 Å². The molecule has 2 aromatic rings. The lowest BCUT2D eigenvalue weighted by Gasteiger charge is -2.33. The van der Waals surface area contributed by atoms with Gasteiger partial charge in [-0.25, -0.2) is 13.1 Å². The van der Waals surface area contributed by atoms with Crippen LogP contribution in [-0.4, -0.2) is 33.0 Å². The molecule has 1 saturated heterocycles. The Labute approximate surface area is 160 Å². The predicted octanol–water partition coefficient (Wildman–Crippen LogP) is 3.38. The van der Waals surface area contributed by atoms with Gasteiger partial charge in [0.05, 0.1) is 5.75 Å². The molecule has 0 unspecified atom stereocenters. The Morgan fingerprint density at radius 3 is 2.69 bits per heavy atom. The van der Waals surface area contributed by atoms with Gasteiger partial charge in [-0.05, 0) is 55.5 Å². The number of halogens is 1. The molecule has 1 fully saturated rings. The number of benzene rings is 1. The van der Waals surface area contributed by atoms with Gasteiger partial charge >= 0.3 is 0 Å². The molecule has 5 nitrogen and oxygen atoms in total. The summed E-state index contributed by atoms with van der Waals surface area (Å²) in [4.78, 5) is 6.57. The second kappa shape index (κ2) is 8.37. The number of hydrogen-bond donors (Lipinski definition) is 1. The summed E-state index contributed by atoms with van der Waals surface area (Å²) in [6, 6.07) is 11.1. The Kier molecular flexibility index (Phi) is 6.16. The van der Waals surface area contributed by atoms with E-state index in [9.17, 15) is 8.42 Å². The van der Waals surface area contributed by atoms with Gasteiger partial charge in [-0.15, -0.1) is 0 Å². The number of sulfonamides is 1. The fourth-order valence-electron chi connectivity index (χ4n) is 3.26. The third-order valence-electron chi connectivity index (χ3n) is 4.70. The van der Waals surface area contributed by atoms with Crippen molar-refractivity contribution in [2.24, 2.45) is 5.92 Å². The average molecular weight is 394 g/mol. The lowest BCUT2D eigenvalue weighted by atomic mass is 9.97. The van der Waals surface area contributed by atoms with E-state index >= 15 is 0 Å². The lowest BCUT2D eigenvalue weighted by molar-refractivity contribution is 0.402. The van der Waals surface area contributed by atoms with Gasteiger partial charge in [0.15, 0.2) is 0 Å². The van der Waals surface area contributed by atoms with E-state index in [4.69, 9.17) is 11.6 Å². The smallest absolute Gasteiger partial charge is 0.215 e. The molecule has 0 aliphatic carbocycles. The summed E-state index contributed by atoms with van der Waals surface area (Å²) in [5.41, 5.74) is 2.91. The summed E-state index contributed by atoms with van der Waals surface area (Å²) in [6.45, 7) is 4.35. The first-order chi connectivity index (χ1) is 12.4. The number of pyridine rings is 1. The van der Waals surface area contributed by atoms with E-state index in [-0.39, 0.29) is 5.75 Å². The summed E-state index contributed by atoms with van der Waals surface area (Å²) in [6.07, 6.45) is 3.78. The highest BCUT2D eigenvalue weighted by Crippen LogP contribution is 2.23. The van der Waals surface area contributed by atoms with E-state index in [0.29, 0.717) is 23.0 Å². The van der Waals surface area contributed by atoms with Crippen LogP contribution in [0.15, 0.2) is 42.6 Å². The minimum absolute atomic E-state index is 0.0390. The summed E-state index contributed by atoms with van der Waals surface area (Å²) in [5, 5.41) is 0.552. The van der Waals surface area contributed by atoms with Crippen LogP contribution in [-0.2, 0) is 15.8 Å². The van der Waals surface area contributed by atoms with Crippen molar-refractivity contribution >= 4 is 27.3 Å². The molecule has 140 valence electrons. The summed E-state index contributed by atoms with van der Waals surface area (Å²) >= 11 is 5.92. The molecule has 3 rings (SSSR count). The van der Waals surface area contributed by atoms with Gasteiger partial charge in [-0.1, -0.05) is 23.7 Å². The van der Waals surface area contributed by atoms with Crippen molar-refractivity contribution in [2.45, 2.75) is 25.5 Å². The highest BCUT2D eigenvalue weighted by atomic mass is 35.5. The maximum Gasteiger partial charge on any atom is 0.215 e. The molecule has 1 aromatic heterocycles. The molecule has 0 atom stereocenters. The number of rotatable bonds is 6. The SMILES string of the molecule is Cc1cc(N2CCC(CNS(=O)(=O)Cc3cccc(Cl)c3)CC2)ccn1. The first-order valence-corrected chi connectivity index (χ1v) is 10.8. The van der Waals surface area contributed by atoms with Crippen LogP contribution in [0.3, 0.4) is 0 Å². The Balaban J connectivity index is 1.48. The number of aromatic nitrogens is 1. The van der Waals surface area contributed by atoms with Crippen molar-refractivity contribution in [1.29, 1.82) is 0 Å². The fraction of sp³-hybridized carbons (Fsp3) is 0.421. The Hall–Kier alpha value is -1.63. The zero-order chi connectivity index (χ0) is 18.6. The third-order valence-corrected chi connectivity index (χ3v) is 6.25. The molecule has 0 radical (unpaired) electrons. The Morgan fingerprint density at radius 1 is 1.23 bits per heavy atom. The first-order valence-electron chi connectivity index (χ1n) is 8.81. The van der Waals surface area contributed by atoms with Crippen LogP contribution < -0.4 is 9.62 Å². The molecule has 0 bridgehead atoms. The molecule has 0 saturated carbocycles. The highest BCUT2D eigenvalue weighted by Gasteiger charge is 2.21. The van der Waals surface area contributed by atoms with Crippen LogP contribution in [0.4, 0.5) is 5.69 Å². The first kappa shape index (κ1) is 19.1. The van der Waals surface area contributed by atoms with E-state index in [1.165, 1.54) is 5.69 Å². The van der Waals surface area contributed by atoms with Crippen LogP contribution in [0.5, 0.6) is 0 Å². The minimum atomic E-state index is -3.35. The quantitative estimate of drug-likeness (QED) is 0.817.